The van der Waals surface area contributed by atoms with E-state index in [0.29, 0.717) is 38.7 Å². The van der Waals surface area contributed by atoms with E-state index in [1.807, 2.05) is 0 Å². The molecule has 154 valence electrons. The van der Waals surface area contributed by atoms with E-state index in [4.69, 9.17) is 21.1 Å². The molecule has 0 aliphatic carbocycles. The fourth-order valence-corrected chi connectivity index (χ4v) is 2.88. The first-order chi connectivity index (χ1) is 11.9. The average molecular weight is 452 g/mol. The van der Waals surface area contributed by atoms with Crippen molar-refractivity contribution in [1.29, 1.82) is 0 Å². The summed E-state index contributed by atoms with van der Waals surface area (Å²) in [5.41, 5.74) is 1.66. The Morgan fingerprint density at radius 1 is 1.03 bits per heavy atom. The molecule has 0 aliphatic heterocycles. The van der Waals surface area contributed by atoms with Crippen LogP contribution in [0.25, 0.3) is 10.9 Å². The molecule has 3 aromatic rings. The number of methoxy groups -OCH3 is 1. The first-order valence-corrected chi connectivity index (χ1v) is 7.98. The van der Waals surface area contributed by atoms with Crippen molar-refractivity contribution in [2.45, 2.75) is 13.8 Å². The zero-order chi connectivity index (χ0) is 18.1. The average Bonchev–Trinajstić information content (AvgIpc) is 2.86. The monoisotopic (exact) mass is 451 g/mol. The molecule has 0 radical (unpaired) electrons. The molecule has 0 amide bonds. The third-order valence-corrected chi connectivity index (χ3v) is 4.15. The maximum Gasteiger partial charge on any atom is 1.00 e. The summed E-state index contributed by atoms with van der Waals surface area (Å²) in [6.07, 6.45) is 0. The fourth-order valence-electron chi connectivity index (χ4n) is 2.75. The number of halogens is 1. The molecule has 0 saturated heterocycles. The minimum atomic E-state index is -0.455. The predicted octanol–water partition coefficient (Wildman–Crippen LogP) is -1.13. The maximum absolute atomic E-state index is 13.0. The molecule has 0 saturated carbocycles. The Morgan fingerprint density at radius 2 is 1.62 bits per heavy atom. The molecule has 6 N–H and O–H groups in total. The molecule has 0 spiro atoms. The summed E-state index contributed by atoms with van der Waals surface area (Å²) in [4.78, 5) is 24.5. The number of ether oxygens (including phenoxy) is 2. The summed E-state index contributed by atoms with van der Waals surface area (Å²) in [5.74, 6) is 0.271. The van der Waals surface area contributed by atoms with Crippen LogP contribution in [0.5, 0.6) is 11.5 Å². The van der Waals surface area contributed by atoms with Crippen LogP contribution in [0.3, 0.4) is 0 Å². The van der Waals surface area contributed by atoms with Crippen molar-refractivity contribution in [3.8, 4) is 11.5 Å². The number of rotatable bonds is 3. The molecule has 1 heterocycles. The number of fused-ring (bicyclic) bond motifs is 1. The molecule has 3 rings (SSSR count). The van der Waals surface area contributed by atoms with Gasteiger partial charge in [0, 0.05) is 22.9 Å². The number of hydrogen-bond donors (Lipinski definition) is 0. The summed E-state index contributed by atoms with van der Waals surface area (Å²) in [7, 11) is 1.55. The number of carbonyl (C=O) groups is 2. The molecule has 0 fully saturated rings. The first-order valence-electron chi connectivity index (χ1n) is 7.60. The van der Waals surface area contributed by atoms with Crippen molar-refractivity contribution in [1.82, 2.24) is 4.57 Å². The van der Waals surface area contributed by atoms with Crippen molar-refractivity contribution in [3.63, 3.8) is 0 Å². The quantitative estimate of drug-likeness (QED) is 0.365. The fraction of sp³-hybridized carbons (Fsp3) is 0.158. The van der Waals surface area contributed by atoms with Crippen LogP contribution in [0.2, 0.25) is 5.02 Å². The van der Waals surface area contributed by atoms with Gasteiger partial charge in [0.25, 0.3) is 5.91 Å². The SMILES string of the molecule is COc1ccc2c(c1)c(OC(C)=O)c(C)n2C(=O)c1ccc(Cl)cc1.O.O.O.[H-].[K+]. The van der Waals surface area contributed by atoms with Crippen LogP contribution in [0.1, 0.15) is 24.4 Å². The Kier molecular flexibility index (Phi) is 12.8. The van der Waals surface area contributed by atoms with Gasteiger partial charge in [-0.15, -0.1) is 0 Å². The largest absolute Gasteiger partial charge is 1.00 e. The van der Waals surface area contributed by atoms with Crippen molar-refractivity contribution in [3.05, 3.63) is 58.7 Å². The maximum atomic E-state index is 13.0. The van der Waals surface area contributed by atoms with E-state index in [1.54, 1.807) is 56.5 Å². The first kappa shape index (κ1) is 29.9. The van der Waals surface area contributed by atoms with Crippen LogP contribution in [0, 0.1) is 6.92 Å². The van der Waals surface area contributed by atoms with Crippen LogP contribution in [-0.2, 0) is 4.79 Å². The molecule has 0 unspecified atom stereocenters. The number of esters is 1. The third kappa shape index (κ3) is 6.11. The molecule has 29 heavy (non-hydrogen) atoms. The van der Waals surface area contributed by atoms with Gasteiger partial charge < -0.3 is 27.3 Å². The van der Waals surface area contributed by atoms with Gasteiger partial charge in [-0.2, -0.15) is 0 Å². The summed E-state index contributed by atoms with van der Waals surface area (Å²) in [6.45, 7) is 3.06. The van der Waals surface area contributed by atoms with Crippen LogP contribution in [0.4, 0.5) is 0 Å². The molecule has 10 heteroatoms. The van der Waals surface area contributed by atoms with E-state index < -0.39 is 5.97 Å². The van der Waals surface area contributed by atoms with E-state index in [-0.39, 0.29) is 75.1 Å². The number of hydrogen-bond acceptors (Lipinski definition) is 4. The number of nitrogens with zero attached hydrogens (tertiary/aromatic N) is 1. The van der Waals surface area contributed by atoms with E-state index in [0.717, 1.165) is 0 Å². The van der Waals surface area contributed by atoms with Crippen molar-refractivity contribution < 1.29 is 88.3 Å². The Bertz CT molecular complexity index is 993. The van der Waals surface area contributed by atoms with Crippen LogP contribution in [0.15, 0.2) is 42.5 Å². The number of carbonyl (C=O) groups excluding carboxylic acids is 2. The van der Waals surface area contributed by atoms with E-state index >= 15 is 0 Å². The summed E-state index contributed by atoms with van der Waals surface area (Å²) in [5, 5.41) is 1.19. The second-order valence-electron chi connectivity index (χ2n) is 5.54. The van der Waals surface area contributed by atoms with E-state index in [1.165, 1.54) is 11.5 Å². The molecule has 0 bridgehead atoms. The Balaban J connectivity index is -0.00000146. The van der Waals surface area contributed by atoms with Crippen molar-refractivity contribution in [2.75, 3.05) is 7.11 Å². The van der Waals surface area contributed by atoms with Crippen LogP contribution in [-0.4, -0.2) is 40.0 Å². The van der Waals surface area contributed by atoms with Gasteiger partial charge in [-0.3, -0.25) is 14.2 Å². The van der Waals surface area contributed by atoms with Crippen LogP contribution < -0.4 is 60.9 Å². The van der Waals surface area contributed by atoms with E-state index in [2.05, 4.69) is 0 Å². The number of benzene rings is 2. The molecule has 0 atom stereocenters. The zero-order valence-corrected chi connectivity index (χ0v) is 20.4. The van der Waals surface area contributed by atoms with Gasteiger partial charge in [-0.05, 0) is 49.4 Å². The zero-order valence-electron chi connectivity index (χ0n) is 17.5. The summed E-state index contributed by atoms with van der Waals surface area (Å²) in [6, 6.07) is 11.9. The Hall–Kier alpha value is -1.27. The van der Waals surface area contributed by atoms with Gasteiger partial charge in [0.15, 0.2) is 5.75 Å². The Morgan fingerprint density at radius 3 is 2.14 bits per heavy atom. The van der Waals surface area contributed by atoms with Gasteiger partial charge in [0.2, 0.25) is 0 Å². The molecule has 0 aliphatic rings. The molecular weight excluding hydrogens is 429 g/mol. The van der Waals surface area contributed by atoms with Gasteiger partial charge in [-0.25, -0.2) is 0 Å². The number of aromatic nitrogens is 1. The third-order valence-electron chi connectivity index (χ3n) is 3.89. The van der Waals surface area contributed by atoms with Gasteiger partial charge in [-0.1, -0.05) is 11.6 Å². The topological polar surface area (TPSA) is 152 Å². The molecule has 2 aromatic carbocycles. The summed E-state index contributed by atoms with van der Waals surface area (Å²) < 4.78 is 12.1. The smallest absolute Gasteiger partial charge is 1.00 e. The van der Waals surface area contributed by atoms with E-state index in [9.17, 15) is 9.59 Å². The Labute approximate surface area is 216 Å². The van der Waals surface area contributed by atoms with Crippen LogP contribution >= 0.6 is 11.6 Å². The normalized spacial score (nSPS) is 9.24. The van der Waals surface area contributed by atoms with Crippen molar-refractivity contribution >= 4 is 34.4 Å². The second kappa shape index (κ2) is 12.4. The summed E-state index contributed by atoms with van der Waals surface area (Å²) >= 11 is 5.89. The molecule has 1 aromatic heterocycles. The van der Waals surface area contributed by atoms with Gasteiger partial charge >= 0.3 is 57.4 Å². The minimum Gasteiger partial charge on any atom is -1.00 e. The van der Waals surface area contributed by atoms with Crippen molar-refractivity contribution in [2.24, 2.45) is 0 Å². The van der Waals surface area contributed by atoms with Gasteiger partial charge in [0.05, 0.1) is 18.3 Å². The molecule has 8 nitrogen and oxygen atoms in total. The second-order valence-corrected chi connectivity index (χ2v) is 5.98. The minimum absolute atomic E-state index is 0. The standard InChI is InChI=1S/C19H16ClNO4.K.3H2O.H/c1-11-18(25-12(2)22)16-10-15(24-3)8-9-17(16)21(11)19(23)13-4-6-14(20)7-5-13;;;;;/h4-10H,1-3H3;;3*1H2;/q;+1;;;;-1. The predicted molar refractivity (Wildman–Crippen MR) is 108 cm³/mol. The molecular formula is C19H23ClKNO7. The van der Waals surface area contributed by atoms with Gasteiger partial charge in [0.1, 0.15) is 5.75 Å².